The zero-order valence-electron chi connectivity index (χ0n) is 17.3. The molecule has 11 heteroatoms. The van der Waals surface area contributed by atoms with Crippen molar-refractivity contribution in [3.63, 3.8) is 0 Å². The Labute approximate surface area is 191 Å². The minimum absolute atomic E-state index is 0.523. The van der Waals surface area contributed by atoms with Crippen molar-refractivity contribution in [3.05, 3.63) is 47.5 Å². The van der Waals surface area contributed by atoms with Crippen LogP contribution in [0.1, 0.15) is 0 Å². The maximum atomic E-state index is 5.98. The summed E-state index contributed by atoms with van der Waals surface area (Å²) < 4.78 is 18.0. The number of H-pyrrole nitrogens is 1. The average Bonchev–Trinajstić information content (AvgIpc) is 3.54. The number of hydrogen-bond acceptors (Lipinski definition) is 8. The Bertz CT molecular complexity index is 1380. The molecule has 0 radical (unpaired) electrons. The highest BCUT2D eigenvalue weighted by atomic mass is 35.5. The molecule has 1 N–H and O–H groups in total. The van der Waals surface area contributed by atoms with Gasteiger partial charge in [0.15, 0.2) is 11.5 Å². The highest BCUT2D eigenvalue weighted by molar-refractivity contribution is 7.19. The van der Waals surface area contributed by atoms with Gasteiger partial charge in [-0.05, 0) is 30.3 Å². The van der Waals surface area contributed by atoms with Crippen LogP contribution in [-0.4, -0.2) is 51.3 Å². The highest BCUT2D eigenvalue weighted by Gasteiger charge is 2.20. The predicted molar refractivity (Wildman–Crippen MR) is 122 cm³/mol. The van der Waals surface area contributed by atoms with Crippen LogP contribution in [-0.2, 0) is 0 Å². The van der Waals surface area contributed by atoms with Crippen molar-refractivity contribution in [1.29, 1.82) is 0 Å². The third-order valence-corrected chi connectivity index (χ3v) is 6.06. The quantitative estimate of drug-likeness (QED) is 0.389. The van der Waals surface area contributed by atoms with E-state index in [0.29, 0.717) is 38.8 Å². The van der Waals surface area contributed by atoms with Crippen molar-refractivity contribution in [2.45, 2.75) is 0 Å². The van der Waals surface area contributed by atoms with Gasteiger partial charge in [0.2, 0.25) is 16.5 Å². The second kappa shape index (κ2) is 8.13. The van der Waals surface area contributed by atoms with Crippen LogP contribution < -0.4 is 14.2 Å². The van der Waals surface area contributed by atoms with E-state index >= 15 is 0 Å². The maximum absolute atomic E-state index is 5.98. The van der Waals surface area contributed by atoms with Gasteiger partial charge in [0.05, 0.1) is 27.0 Å². The van der Waals surface area contributed by atoms with Crippen molar-refractivity contribution in [3.8, 4) is 50.6 Å². The van der Waals surface area contributed by atoms with Gasteiger partial charge >= 0.3 is 0 Å². The van der Waals surface area contributed by atoms with Gasteiger partial charge in [0.1, 0.15) is 10.7 Å². The lowest BCUT2D eigenvalue weighted by atomic mass is 10.1. The van der Waals surface area contributed by atoms with Crippen LogP contribution in [0.25, 0.3) is 38.3 Å². The number of hydrogen-bond donors (Lipinski definition) is 1. The lowest BCUT2D eigenvalue weighted by Crippen LogP contribution is -1.96. The summed E-state index contributed by atoms with van der Waals surface area (Å²) >= 11 is 7.38. The van der Waals surface area contributed by atoms with Crippen molar-refractivity contribution in [2.24, 2.45) is 0 Å². The Morgan fingerprint density at radius 2 is 1.62 bits per heavy atom. The highest BCUT2D eigenvalue weighted by Crippen LogP contribution is 2.42. The van der Waals surface area contributed by atoms with E-state index in [0.717, 1.165) is 21.8 Å². The van der Waals surface area contributed by atoms with Gasteiger partial charge < -0.3 is 14.2 Å². The number of nitrogens with one attached hydrogen (secondary N) is 1. The monoisotopic (exact) mass is 468 g/mol. The van der Waals surface area contributed by atoms with E-state index in [-0.39, 0.29) is 0 Å². The minimum atomic E-state index is 0.523. The summed E-state index contributed by atoms with van der Waals surface area (Å²) in [6, 6.07) is 13.1. The standard InChI is InChI=1S/C21H17ClN6O3S/c1-29-16-8-12(9-17(30-2)18(16)31-3)20-27-28-19(25-26-21(28)32-20)15-10-14(23-24-15)11-4-6-13(22)7-5-11/h4-10H,1-3H3,(H,23,24). The fourth-order valence-electron chi connectivity index (χ4n) is 3.31. The van der Waals surface area contributed by atoms with Gasteiger partial charge in [-0.2, -0.15) is 14.7 Å². The zero-order valence-corrected chi connectivity index (χ0v) is 18.9. The number of rotatable bonds is 6. The van der Waals surface area contributed by atoms with Crippen LogP contribution in [0.2, 0.25) is 5.02 Å². The molecule has 0 aliphatic rings. The molecule has 9 nitrogen and oxygen atoms in total. The molecule has 0 unspecified atom stereocenters. The fourth-order valence-corrected chi connectivity index (χ4v) is 4.26. The molecule has 3 heterocycles. The third kappa shape index (κ3) is 3.43. The van der Waals surface area contributed by atoms with Gasteiger partial charge in [-0.15, -0.1) is 10.2 Å². The number of ether oxygens (including phenoxy) is 3. The number of benzene rings is 2. The molecule has 0 aliphatic heterocycles. The molecule has 0 saturated heterocycles. The van der Waals surface area contributed by atoms with E-state index in [1.54, 1.807) is 25.8 Å². The van der Waals surface area contributed by atoms with Crippen molar-refractivity contribution < 1.29 is 14.2 Å². The minimum Gasteiger partial charge on any atom is -0.493 e. The molecule has 0 saturated carbocycles. The van der Waals surface area contributed by atoms with E-state index in [2.05, 4.69) is 20.4 Å². The van der Waals surface area contributed by atoms with Gasteiger partial charge in [-0.3, -0.25) is 5.10 Å². The lowest BCUT2D eigenvalue weighted by molar-refractivity contribution is 0.324. The van der Waals surface area contributed by atoms with Crippen LogP contribution >= 0.6 is 22.9 Å². The van der Waals surface area contributed by atoms with E-state index in [4.69, 9.17) is 30.9 Å². The summed E-state index contributed by atoms with van der Waals surface area (Å²) in [7, 11) is 4.72. The second-order valence-corrected chi connectivity index (χ2v) is 8.11. The molecule has 0 fully saturated rings. The third-order valence-electron chi connectivity index (χ3n) is 4.86. The predicted octanol–water partition coefficient (Wildman–Crippen LogP) is 4.59. The van der Waals surface area contributed by atoms with Crippen LogP contribution in [0.3, 0.4) is 0 Å². The molecule has 2 aromatic carbocycles. The summed E-state index contributed by atoms with van der Waals surface area (Å²) in [4.78, 5) is 0.645. The second-order valence-electron chi connectivity index (χ2n) is 6.71. The molecular formula is C21H17ClN6O3S. The molecular weight excluding hydrogens is 452 g/mol. The topological polar surface area (TPSA) is 99.5 Å². The SMILES string of the molecule is COc1cc(-c2nn3c(-c4cc(-c5ccc(Cl)cc5)n[nH]4)nnc3s2)cc(OC)c1OC. The van der Waals surface area contributed by atoms with Crippen LogP contribution in [0, 0.1) is 0 Å². The number of methoxy groups -OCH3 is 3. The first-order valence-corrected chi connectivity index (χ1v) is 10.6. The molecule has 0 amide bonds. The first kappa shape index (κ1) is 20.3. The molecule has 32 heavy (non-hydrogen) atoms. The van der Waals surface area contributed by atoms with Gasteiger partial charge in [0, 0.05) is 16.1 Å². The first-order chi connectivity index (χ1) is 15.6. The summed E-state index contributed by atoms with van der Waals surface area (Å²) in [5, 5.41) is 22.1. The molecule has 5 aromatic rings. The lowest BCUT2D eigenvalue weighted by Gasteiger charge is -2.13. The molecule has 162 valence electrons. The number of halogens is 1. The van der Waals surface area contributed by atoms with Crippen LogP contribution in [0.5, 0.6) is 17.2 Å². The van der Waals surface area contributed by atoms with Gasteiger partial charge in [-0.1, -0.05) is 35.1 Å². The van der Waals surface area contributed by atoms with Gasteiger partial charge in [0.25, 0.3) is 0 Å². The molecule has 0 aliphatic carbocycles. The summed E-state index contributed by atoms with van der Waals surface area (Å²) in [6.07, 6.45) is 0. The zero-order chi connectivity index (χ0) is 22.2. The Morgan fingerprint density at radius 3 is 2.28 bits per heavy atom. The number of aromatic amines is 1. The maximum Gasteiger partial charge on any atom is 0.235 e. The summed E-state index contributed by atoms with van der Waals surface area (Å²) in [5.74, 6) is 2.18. The largest absolute Gasteiger partial charge is 0.493 e. The smallest absolute Gasteiger partial charge is 0.235 e. The molecule has 0 bridgehead atoms. The summed E-state index contributed by atoms with van der Waals surface area (Å²) in [5.41, 5.74) is 3.22. The Morgan fingerprint density at radius 1 is 0.906 bits per heavy atom. The number of aromatic nitrogens is 6. The van der Waals surface area contributed by atoms with Crippen molar-refractivity contribution in [2.75, 3.05) is 21.3 Å². The normalized spacial score (nSPS) is 11.1. The Hall–Kier alpha value is -3.63. The van der Waals surface area contributed by atoms with Crippen LogP contribution in [0.4, 0.5) is 0 Å². The van der Waals surface area contributed by atoms with Crippen molar-refractivity contribution in [1.82, 2.24) is 30.0 Å². The number of fused-ring (bicyclic) bond motifs is 1. The van der Waals surface area contributed by atoms with Crippen molar-refractivity contribution >= 4 is 27.9 Å². The van der Waals surface area contributed by atoms with E-state index in [9.17, 15) is 0 Å². The molecule has 0 spiro atoms. The molecule has 3 aromatic heterocycles. The van der Waals surface area contributed by atoms with E-state index in [1.165, 1.54) is 11.3 Å². The van der Waals surface area contributed by atoms with E-state index in [1.807, 2.05) is 42.5 Å². The summed E-state index contributed by atoms with van der Waals surface area (Å²) in [6.45, 7) is 0. The molecule has 0 atom stereocenters. The van der Waals surface area contributed by atoms with Crippen LogP contribution in [0.15, 0.2) is 42.5 Å². The number of nitrogens with zero attached hydrogens (tertiary/aromatic N) is 5. The van der Waals surface area contributed by atoms with Gasteiger partial charge in [-0.25, -0.2) is 0 Å². The fraction of sp³-hybridized carbons (Fsp3) is 0.143. The first-order valence-electron chi connectivity index (χ1n) is 9.45. The Kier molecular flexibility index (Phi) is 5.16. The Balaban J connectivity index is 1.54. The molecule has 5 rings (SSSR count). The average molecular weight is 469 g/mol. The van der Waals surface area contributed by atoms with E-state index < -0.39 is 0 Å².